The standard InChI is InChI=1S/C23H23N3OS2/c27-21-19(29-22(28)24-21)9-17-13-26(18-4-2-1-3-5-18)25-20(17)23-10-14-6-15(11-23)8-16(7-14)12-23/h1-5,9,13-16H,6-8,10-12H2,(H,24,27,28). The van der Waals surface area contributed by atoms with E-state index in [2.05, 4.69) is 23.6 Å². The number of amides is 1. The van der Waals surface area contributed by atoms with Gasteiger partial charge in [0.15, 0.2) is 0 Å². The first-order valence-corrected chi connectivity index (χ1v) is 11.7. The molecular weight excluding hydrogens is 398 g/mol. The molecule has 1 aliphatic heterocycles. The summed E-state index contributed by atoms with van der Waals surface area (Å²) in [7, 11) is 0. The van der Waals surface area contributed by atoms with E-state index < -0.39 is 0 Å². The molecule has 4 nitrogen and oxygen atoms in total. The number of para-hydroxylation sites is 1. The number of hydrogen-bond acceptors (Lipinski definition) is 4. The minimum Gasteiger partial charge on any atom is -0.307 e. The summed E-state index contributed by atoms with van der Waals surface area (Å²) in [6.07, 6.45) is 12.1. The smallest absolute Gasteiger partial charge is 0.263 e. The number of rotatable bonds is 3. The maximum Gasteiger partial charge on any atom is 0.263 e. The van der Waals surface area contributed by atoms with Crippen molar-refractivity contribution in [2.75, 3.05) is 0 Å². The predicted octanol–water partition coefficient (Wildman–Crippen LogP) is 4.83. The fourth-order valence-corrected chi connectivity index (χ4v) is 7.62. The summed E-state index contributed by atoms with van der Waals surface area (Å²) in [6, 6.07) is 10.3. The average molecular weight is 422 g/mol. The molecule has 5 fully saturated rings. The lowest BCUT2D eigenvalue weighted by Crippen LogP contribution is -2.49. The summed E-state index contributed by atoms with van der Waals surface area (Å²) < 4.78 is 2.53. The molecule has 29 heavy (non-hydrogen) atoms. The Labute approximate surface area is 180 Å². The van der Waals surface area contributed by atoms with E-state index in [0.29, 0.717) is 9.23 Å². The predicted molar refractivity (Wildman–Crippen MR) is 120 cm³/mol. The Balaban J connectivity index is 1.48. The van der Waals surface area contributed by atoms with Crippen LogP contribution >= 0.6 is 24.0 Å². The van der Waals surface area contributed by atoms with Crippen LogP contribution < -0.4 is 5.32 Å². The van der Waals surface area contributed by atoms with Crippen molar-refractivity contribution in [2.45, 2.75) is 43.9 Å². The van der Waals surface area contributed by atoms with Crippen LogP contribution in [0.15, 0.2) is 41.4 Å². The molecule has 0 spiro atoms. The van der Waals surface area contributed by atoms with E-state index in [1.807, 2.05) is 29.0 Å². The van der Waals surface area contributed by atoms with E-state index >= 15 is 0 Å². The lowest BCUT2D eigenvalue weighted by molar-refractivity contribution is -0.115. The first-order valence-electron chi connectivity index (χ1n) is 10.5. The number of hydrogen-bond donors (Lipinski definition) is 1. The van der Waals surface area contributed by atoms with E-state index in [0.717, 1.165) is 29.0 Å². The molecule has 148 valence electrons. The lowest BCUT2D eigenvalue weighted by atomic mass is 9.48. The normalized spacial score (nSPS) is 34.2. The van der Waals surface area contributed by atoms with Crippen molar-refractivity contribution in [3.8, 4) is 5.69 Å². The minimum atomic E-state index is -0.0936. The van der Waals surface area contributed by atoms with Crippen molar-refractivity contribution in [3.05, 3.63) is 52.7 Å². The molecule has 0 atom stereocenters. The van der Waals surface area contributed by atoms with E-state index in [9.17, 15) is 4.79 Å². The minimum absolute atomic E-state index is 0.0936. The van der Waals surface area contributed by atoms with Crippen LogP contribution in [0.2, 0.25) is 0 Å². The molecule has 1 aromatic heterocycles. The van der Waals surface area contributed by atoms with Gasteiger partial charge in [0.2, 0.25) is 0 Å². The summed E-state index contributed by atoms with van der Waals surface area (Å²) >= 11 is 6.54. The fourth-order valence-electron chi connectivity index (χ4n) is 6.58. The Morgan fingerprint density at radius 1 is 1.10 bits per heavy atom. The van der Waals surface area contributed by atoms with Crippen molar-refractivity contribution in [3.63, 3.8) is 0 Å². The van der Waals surface area contributed by atoms with Gasteiger partial charge in [-0.2, -0.15) is 5.10 Å². The van der Waals surface area contributed by atoms with Gasteiger partial charge in [-0.1, -0.05) is 42.2 Å². The van der Waals surface area contributed by atoms with Crippen molar-refractivity contribution in [2.24, 2.45) is 17.8 Å². The molecule has 2 heterocycles. The first-order chi connectivity index (χ1) is 14.1. The van der Waals surface area contributed by atoms with Crippen LogP contribution in [0.3, 0.4) is 0 Å². The molecular formula is C23H23N3OS2. The second kappa shape index (κ2) is 6.54. The summed E-state index contributed by atoms with van der Waals surface area (Å²) in [5, 5.41) is 7.90. The maximum absolute atomic E-state index is 12.3. The highest BCUT2D eigenvalue weighted by Gasteiger charge is 2.53. The number of carbonyl (C=O) groups excluding carboxylic acids is 1. The highest BCUT2D eigenvalue weighted by atomic mass is 32.2. The van der Waals surface area contributed by atoms with Crippen molar-refractivity contribution < 1.29 is 4.79 Å². The Bertz CT molecular complexity index is 1000. The monoisotopic (exact) mass is 421 g/mol. The highest BCUT2D eigenvalue weighted by Crippen LogP contribution is 2.61. The van der Waals surface area contributed by atoms with Gasteiger partial charge in [-0.15, -0.1) is 0 Å². The molecule has 4 saturated carbocycles. The Morgan fingerprint density at radius 3 is 2.34 bits per heavy atom. The lowest BCUT2D eigenvalue weighted by Gasteiger charge is -2.56. The van der Waals surface area contributed by atoms with E-state index in [1.165, 1.54) is 56.0 Å². The maximum atomic E-state index is 12.3. The fraction of sp³-hybridized carbons (Fsp3) is 0.435. The molecule has 4 bridgehead atoms. The van der Waals surface area contributed by atoms with Gasteiger partial charge < -0.3 is 5.32 Å². The molecule has 4 aliphatic carbocycles. The van der Waals surface area contributed by atoms with Gasteiger partial charge in [0.25, 0.3) is 5.91 Å². The zero-order valence-corrected chi connectivity index (χ0v) is 17.8. The SMILES string of the molecule is O=C1NC(=S)SC1=Cc1cn(-c2ccccc2)nc1C12CC3CC(CC(C3)C1)C2. The van der Waals surface area contributed by atoms with Gasteiger partial charge in [0.1, 0.15) is 4.32 Å². The van der Waals surface area contributed by atoms with Gasteiger partial charge >= 0.3 is 0 Å². The average Bonchev–Trinajstić information content (AvgIpc) is 3.25. The zero-order valence-electron chi connectivity index (χ0n) is 16.1. The van der Waals surface area contributed by atoms with E-state index in [1.54, 1.807) is 0 Å². The Kier molecular flexibility index (Phi) is 4.04. The number of thioether (sulfide) groups is 1. The first kappa shape index (κ1) is 17.9. The quantitative estimate of drug-likeness (QED) is 0.570. The third-order valence-electron chi connectivity index (χ3n) is 7.23. The van der Waals surface area contributed by atoms with Gasteiger partial charge in [0, 0.05) is 17.2 Å². The number of carbonyl (C=O) groups is 1. The zero-order chi connectivity index (χ0) is 19.6. The van der Waals surface area contributed by atoms with Gasteiger partial charge in [-0.05, 0) is 74.5 Å². The van der Waals surface area contributed by atoms with Gasteiger partial charge in [-0.25, -0.2) is 4.68 Å². The molecule has 7 rings (SSSR count). The van der Waals surface area contributed by atoms with Crippen molar-refractivity contribution in [1.29, 1.82) is 0 Å². The van der Waals surface area contributed by atoms with E-state index in [-0.39, 0.29) is 11.3 Å². The van der Waals surface area contributed by atoms with Crippen LogP contribution in [0.25, 0.3) is 11.8 Å². The Morgan fingerprint density at radius 2 is 1.76 bits per heavy atom. The van der Waals surface area contributed by atoms with Gasteiger partial charge in [-0.3, -0.25) is 4.79 Å². The molecule has 1 amide bonds. The van der Waals surface area contributed by atoms with Crippen LogP contribution in [0.4, 0.5) is 0 Å². The molecule has 0 radical (unpaired) electrons. The number of benzene rings is 1. The number of aromatic nitrogens is 2. The molecule has 5 aliphatic rings. The second-order valence-electron chi connectivity index (χ2n) is 9.26. The van der Waals surface area contributed by atoms with Crippen LogP contribution in [0, 0.1) is 17.8 Å². The van der Waals surface area contributed by atoms with Crippen molar-refractivity contribution >= 4 is 40.3 Å². The molecule has 1 saturated heterocycles. The summed E-state index contributed by atoms with van der Waals surface area (Å²) in [5.41, 5.74) is 3.50. The molecule has 2 aromatic rings. The summed E-state index contributed by atoms with van der Waals surface area (Å²) in [6.45, 7) is 0. The Hall–Kier alpha value is -1.92. The molecule has 1 aromatic carbocycles. The number of thiocarbonyl (C=S) groups is 1. The van der Waals surface area contributed by atoms with Gasteiger partial charge in [0.05, 0.1) is 16.3 Å². The second-order valence-corrected chi connectivity index (χ2v) is 11.0. The molecule has 1 N–H and O–H groups in total. The third kappa shape index (κ3) is 2.99. The van der Waals surface area contributed by atoms with Crippen LogP contribution in [-0.2, 0) is 10.2 Å². The summed E-state index contributed by atoms with van der Waals surface area (Å²) in [4.78, 5) is 13.0. The van der Waals surface area contributed by atoms with Crippen LogP contribution in [0.5, 0.6) is 0 Å². The number of nitrogens with zero attached hydrogens (tertiary/aromatic N) is 2. The van der Waals surface area contributed by atoms with E-state index in [4.69, 9.17) is 17.3 Å². The third-order valence-corrected chi connectivity index (χ3v) is 8.40. The van der Waals surface area contributed by atoms with Crippen molar-refractivity contribution in [1.82, 2.24) is 15.1 Å². The molecule has 0 unspecified atom stereocenters. The largest absolute Gasteiger partial charge is 0.307 e. The van der Waals surface area contributed by atoms with Crippen LogP contribution in [-0.4, -0.2) is 20.0 Å². The van der Waals surface area contributed by atoms with Crippen LogP contribution in [0.1, 0.15) is 49.8 Å². The topological polar surface area (TPSA) is 46.9 Å². The highest BCUT2D eigenvalue weighted by molar-refractivity contribution is 8.26. The molecule has 6 heteroatoms. The number of nitrogens with one attached hydrogen (secondary N) is 1. The summed E-state index contributed by atoms with van der Waals surface area (Å²) in [5.74, 6) is 2.45.